The first-order chi connectivity index (χ1) is 7.25. The molecule has 1 rings (SSSR count). The molecule has 0 saturated carbocycles. The van der Waals surface area contributed by atoms with E-state index in [1.54, 1.807) is 6.92 Å². The van der Waals surface area contributed by atoms with Crippen molar-refractivity contribution in [1.29, 1.82) is 0 Å². The first-order valence-corrected chi connectivity index (χ1v) is 6.24. The van der Waals surface area contributed by atoms with Gasteiger partial charge in [-0.1, -0.05) is 27.7 Å². The standard InChI is InChI=1S/C14H25NO/c1-10(2)9-15(12(4)16)13-7-8-14(5,6)11(13)3/h10H,7-9H2,1-6H3. The molecule has 0 aromatic carbocycles. The van der Waals surface area contributed by atoms with Crippen LogP contribution in [-0.4, -0.2) is 17.4 Å². The van der Waals surface area contributed by atoms with E-state index in [-0.39, 0.29) is 11.3 Å². The molecule has 0 N–H and O–H groups in total. The Hall–Kier alpha value is -0.790. The third-order valence-electron chi connectivity index (χ3n) is 3.69. The van der Waals surface area contributed by atoms with Crippen molar-refractivity contribution in [2.45, 2.75) is 54.4 Å². The van der Waals surface area contributed by atoms with Crippen molar-refractivity contribution in [2.24, 2.45) is 11.3 Å². The van der Waals surface area contributed by atoms with Gasteiger partial charge >= 0.3 is 0 Å². The lowest BCUT2D eigenvalue weighted by Gasteiger charge is -2.26. The van der Waals surface area contributed by atoms with Crippen LogP contribution < -0.4 is 0 Å². The zero-order valence-corrected chi connectivity index (χ0v) is 11.6. The van der Waals surface area contributed by atoms with E-state index in [0.29, 0.717) is 5.92 Å². The van der Waals surface area contributed by atoms with E-state index in [1.165, 1.54) is 11.3 Å². The SMILES string of the molecule is CC(=O)N(CC(C)C)C1=C(C)C(C)(C)CC1. The molecular formula is C14H25NO. The van der Waals surface area contributed by atoms with Crippen LogP contribution >= 0.6 is 0 Å². The Morgan fingerprint density at radius 2 is 2.00 bits per heavy atom. The highest BCUT2D eigenvalue weighted by molar-refractivity contribution is 5.75. The maximum Gasteiger partial charge on any atom is 0.223 e. The van der Waals surface area contributed by atoms with Gasteiger partial charge in [-0.3, -0.25) is 4.79 Å². The summed E-state index contributed by atoms with van der Waals surface area (Å²) in [6.07, 6.45) is 2.21. The summed E-state index contributed by atoms with van der Waals surface area (Å²) in [6, 6.07) is 0. The number of allylic oxidation sites excluding steroid dienone is 2. The molecule has 0 spiro atoms. The van der Waals surface area contributed by atoms with Crippen molar-refractivity contribution >= 4 is 5.91 Å². The lowest BCUT2D eigenvalue weighted by atomic mass is 9.87. The highest BCUT2D eigenvalue weighted by Gasteiger charge is 2.32. The first-order valence-electron chi connectivity index (χ1n) is 6.24. The van der Waals surface area contributed by atoms with E-state index >= 15 is 0 Å². The summed E-state index contributed by atoms with van der Waals surface area (Å²) in [5.74, 6) is 0.702. The average Bonchev–Trinajstić information content (AvgIpc) is 2.39. The molecule has 0 fully saturated rings. The predicted molar refractivity (Wildman–Crippen MR) is 67.9 cm³/mol. The lowest BCUT2D eigenvalue weighted by Crippen LogP contribution is -2.31. The van der Waals surface area contributed by atoms with Crippen molar-refractivity contribution in [3.05, 3.63) is 11.3 Å². The fourth-order valence-electron chi connectivity index (χ4n) is 2.33. The smallest absolute Gasteiger partial charge is 0.223 e. The van der Waals surface area contributed by atoms with Gasteiger partial charge in [-0.15, -0.1) is 0 Å². The van der Waals surface area contributed by atoms with E-state index in [4.69, 9.17) is 0 Å². The van der Waals surface area contributed by atoms with Gasteiger partial charge in [0.2, 0.25) is 5.91 Å². The maximum atomic E-state index is 11.7. The molecular weight excluding hydrogens is 198 g/mol. The highest BCUT2D eigenvalue weighted by Crippen LogP contribution is 2.43. The van der Waals surface area contributed by atoms with E-state index in [0.717, 1.165) is 19.4 Å². The van der Waals surface area contributed by atoms with E-state index in [9.17, 15) is 4.79 Å². The Morgan fingerprint density at radius 3 is 2.31 bits per heavy atom. The van der Waals surface area contributed by atoms with Gasteiger partial charge in [0.15, 0.2) is 0 Å². The van der Waals surface area contributed by atoms with Crippen molar-refractivity contribution in [1.82, 2.24) is 4.90 Å². The van der Waals surface area contributed by atoms with Crippen LogP contribution in [0.15, 0.2) is 11.3 Å². The van der Waals surface area contributed by atoms with Crippen LogP contribution in [-0.2, 0) is 4.79 Å². The summed E-state index contributed by atoms with van der Waals surface area (Å²) in [5.41, 5.74) is 2.93. The molecule has 1 amide bonds. The molecule has 0 aromatic rings. The average molecular weight is 223 g/mol. The van der Waals surface area contributed by atoms with Crippen molar-refractivity contribution in [3.8, 4) is 0 Å². The van der Waals surface area contributed by atoms with E-state index in [2.05, 4.69) is 34.6 Å². The molecule has 0 heterocycles. The number of amides is 1. The Morgan fingerprint density at radius 1 is 1.44 bits per heavy atom. The molecule has 0 radical (unpaired) electrons. The molecule has 0 unspecified atom stereocenters. The van der Waals surface area contributed by atoms with Crippen LogP contribution in [0.25, 0.3) is 0 Å². The quantitative estimate of drug-likeness (QED) is 0.716. The van der Waals surface area contributed by atoms with Gasteiger partial charge in [-0.05, 0) is 36.7 Å². The van der Waals surface area contributed by atoms with Crippen LogP contribution in [0.4, 0.5) is 0 Å². The van der Waals surface area contributed by atoms with Gasteiger partial charge in [0.25, 0.3) is 0 Å². The molecule has 0 aliphatic heterocycles. The Labute approximate surface area is 99.7 Å². The summed E-state index contributed by atoms with van der Waals surface area (Å²) in [6.45, 7) is 13.6. The number of hydrogen-bond acceptors (Lipinski definition) is 1. The monoisotopic (exact) mass is 223 g/mol. The maximum absolute atomic E-state index is 11.7. The first kappa shape index (κ1) is 13.3. The van der Waals surface area contributed by atoms with Crippen molar-refractivity contribution in [3.63, 3.8) is 0 Å². The number of rotatable bonds is 3. The zero-order chi connectivity index (χ0) is 12.5. The molecule has 1 aliphatic carbocycles. The molecule has 0 saturated heterocycles. The van der Waals surface area contributed by atoms with Crippen molar-refractivity contribution in [2.75, 3.05) is 6.54 Å². The Bertz CT molecular complexity index is 313. The topological polar surface area (TPSA) is 20.3 Å². The minimum atomic E-state index is 0.181. The van der Waals surface area contributed by atoms with Gasteiger partial charge in [0, 0.05) is 19.2 Å². The second kappa shape index (κ2) is 4.60. The Kier molecular flexibility index (Phi) is 3.82. The van der Waals surface area contributed by atoms with Gasteiger partial charge in [-0.2, -0.15) is 0 Å². The molecule has 0 aromatic heterocycles. The third kappa shape index (κ3) is 2.66. The number of nitrogens with zero attached hydrogens (tertiary/aromatic N) is 1. The van der Waals surface area contributed by atoms with Crippen LogP contribution in [0, 0.1) is 11.3 Å². The normalized spacial score (nSPS) is 19.4. The van der Waals surface area contributed by atoms with E-state index in [1.807, 2.05) is 4.90 Å². The minimum Gasteiger partial charge on any atom is -0.316 e. The third-order valence-corrected chi connectivity index (χ3v) is 3.69. The fourth-order valence-corrected chi connectivity index (χ4v) is 2.33. The van der Waals surface area contributed by atoms with Gasteiger partial charge in [-0.25, -0.2) is 0 Å². The summed E-state index contributed by atoms with van der Waals surface area (Å²) in [5, 5.41) is 0. The van der Waals surface area contributed by atoms with Crippen LogP contribution in [0.2, 0.25) is 0 Å². The molecule has 16 heavy (non-hydrogen) atoms. The molecule has 2 heteroatoms. The lowest BCUT2D eigenvalue weighted by molar-refractivity contribution is -0.127. The second-order valence-electron chi connectivity index (χ2n) is 5.98. The molecule has 0 bridgehead atoms. The summed E-state index contributed by atoms with van der Waals surface area (Å²) in [4.78, 5) is 13.7. The number of hydrogen-bond donors (Lipinski definition) is 0. The summed E-state index contributed by atoms with van der Waals surface area (Å²) < 4.78 is 0. The second-order valence-corrected chi connectivity index (χ2v) is 5.98. The van der Waals surface area contributed by atoms with Gasteiger partial charge < -0.3 is 4.90 Å². The summed E-state index contributed by atoms with van der Waals surface area (Å²) >= 11 is 0. The van der Waals surface area contributed by atoms with Gasteiger partial charge in [0.1, 0.15) is 0 Å². The van der Waals surface area contributed by atoms with Crippen LogP contribution in [0.1, 0.15) is 54.4 Å². The van der Waals surface area contributed by atoms with E-state index < -0.39 is 0 Å². The zero-order valence-electron chi connectivity index (χ0n) is 11.6. The number of carbonyl (C=O) groups excluding carboxylic acids is 1. The summed E-state index contributed by atoms with van der Waals surface area (Å²) in [7, 11) is 0. The molecule has 92 valence electrons. The Balaban J connectivity index is 2.97. The van der Waals surface area contributed by atoms with Crippen LogP contribution in [0.5, 0.6) is 0 Å². The largest absolute Gasteiger partial charge is 0.316 e. The van der Waals surface area contributed by atoms with Crippen molar-refractivity contribution < 1.29 is 4.79 Å². The fraction of sp³-hybridized carbons (Fsp3) is 0.786. The molecule has 2 nitrogen and oxygen atoms in total. The number of carbonyl (C=O) groups is 1. The van der Waals surface area contributed by atoms with Gasteiger partial charge in [0.05, 0.1) is 0 Å². The highest BCUT2D eigenvalue weighted by atomic mass is 16.2. The van der Waals surface area contributed by atoms with Crippen LogP contribution in [0.3, 0.4) is 0 Å². The minimum absolute atomic E-state index is 0.181. The molecule has 1 aliphatic rings. The predicted octanol–water partition coefficient (Wildman–Crippen LogP) is 3.58. The molecule has 0 atom stereocenters.